The van der Waals surface area contributed by atoms with Crippen molar-refractivity contribution >= 4 is 11.9 Å². The highest BCUT2D eigenvalue weighted by Gasteiger charge is 2.29. The van der Waals surface area contributed by atoms with Gasteiger partial charge in [-0.15, -0.1) is 0 Å². The number of hydrogen-bond donors (Lipinski definition) is 1. The maximum absolute atomic E-state index is 12.1. The van der Waals surface area contributed by atoms with Gasteiger partial charge in [0, 0.05) is 32.7 Å². The number of carbonyl (C=O) groups excluding carboxylic acids is 1. The molecule has 0 bridgehead atoms. The maximum atomic E-state index is 12.1. The van der Waals surface area contributed by atoms with Crippen molar-refractivity contribution in [2.24, 2.45) is 0 Å². The Bertz CT molecular complexity index is 322. The summed E-state index contributed by atoms with van der Waals surface area (Å²) in [5, 5.41) is 8.63. The number of hydrogen-bond acceptors (Lipinski definition) is 5. The van der Waals surface area contributed by atoms with Gasteiger partial charge in [-0.2, -0.15) is 0 Å². The zero-order chi connectivity index (χ0) is 13.7. The van der Waals surface area contributed by atoms with Gasteiger partial charge in [0.15, 0.2) is 6.10 Å². The van der Waals surface area contributed by atoms with E-state index in [1.54, 1.807) is 4.90 Å². The monoisotopic (exact) mass is 272 g/mol. The molecule has 0 aliphatic carbocycles. The van der Waals surface area contributed by atoms with Crippen molar-refractivity contribution in [3.05, 3.63) is 0 Å². The molecule has 0 saturated carbocycles. The number of carboxylic acids is 1. The largest absolute Gasteiger partial charge is 0.481 e. The number of carbonyl (C=O) groups is 2. The number of rotatable bonds is 4. The summed E-state index contributed by atoms with van der Waals surface area (Å²) in [4.78, 5) is 26.5. The minimum absolute atomic E-state index is 0.0161. The second kappa shape index (κ2) is 6.83. The lowest BCUT2D eigenvalue weighted by atomic mass is 10.2. The first-order valence-electron chi connectivity index (χ1n) is 6.59. The highest BCUT2D eigenvalue weighted by atomic mass is 16.6. The first-order chi connectivity index (χ1) is 9.16. The normalized spacial score (nSPS) is 25.3. The fourth-order valence-corrected chi connectivity index (χ4v) is 2.28. The molecule has 2 rings (SSSR count). The van der Waals surface area contributed by atoms with Crippen molar-refractivity contribution in [2.45, 2.75) is 12.5 Å². The van der Waals surface area contributed by atoms with Gasteiger partial charge < -0.3 is 19.5 Å². The van der Waals surface area contributed by atoms with Crippen LogP contribution in [0.3, 0.4) is 0 Å². The molecule has 2 heterocycles. The second-order valence-corrected chi connectivity index (χ2v) is 4.75. The lowest BCUT2D eigenvalue weighted by Crippen LogP contribution is -2.53. The van der Waals surface area contributed by atoms with Crippen LogP contribution in [0.5, 0.6) is 0 Å². The predicted octanol–water partition coefficient (Wildman–Crippen LogP) is -0.979. The summed E-state index contributed by atoms with van der Waals surface area (Å²) < 4.78 is 10.6. The van der Waals surface area contributed by atoms with E-state index < -0.39 is 12.1 Å². The SMILES string of the molecule is O=C(O)CCN1CCN(C(=O)C2COCCO2)CC1. The summed E-state index contributed by atoms with van der Waals surface area (Å²) in [5.41, 5.74) is 0. The summed E-state index contributed by atoms with van der Waals surface area (Å²) in [6.07, 6.45) is -0.327. The van der Waals surface area contributed by atoms with Crippen LogP contribution in [0, 0.1) is 0 Å². The third kappa shape index (κ3) is 4.15. The number of piperazine rings is 1. The minimum Gasteiger partial charge on any atom is -0.481 e. The first kappa shape index (κ1) is 14.2. The van der Waals surface area contributed by atoms with Crippen molar-refractivity contribution in [1.29, 1.82) is 0 Å². The summed E-state index contributed by atoms with van der Waals surface area (Å²) >= 11 is 0. The molecule has 0 spiro atoms. The third-order valence-electron chi connectivity index (χ3n) is 3.42. The Balaban J connectivity index is 1.72. The van der Waals surface area contributed by atoms with Crippen LogP contribution < -0.4 is 0 Å². The Kier molecular flexibility index (Phi) is 5.12. The molecule has 0 radical (unpaired) electrons. The Morgan fingerprint density at radius 3 is 2.47 bits per heavy atom. The molecule has 2 aliphatic heterocycles. The molecule has 0 aromatic rings. The van der Waals surface area contributed by atoms with Gasteiger partial charge >= 0.3 is 5.97 Å². The first-order valence-corrected chi connectivity index (χ1v) is 6.59. The zero-order valence-corrected chi connectivity index (χ0v) is 10.9. The zero-order valence-electron chi connectivity index (χ0n) is 10.9. The molecular formula is C12H20N2O5. The van der Waals surface area contributed by atoms with Crippen molar-refractivity contribution in [3.8, 4) is 0 Å². The highest BCUT2D eigenvalue weighted by molar-refractivity contribution is 5.81. The summed E-state index contributed by atoms with van der Waals surface area (Å²) in [6, 6.07) is 0. The molecule has 1 amide bonds. The van der Waals surface area contributed by atoms with E-state index in [-0.39, 0.29) is 12.3 Å². The van der Waals surface area contributed by atoms with Gasteiger partial charge in [-0.25, -0.2) is 0 Å². The number of amides is 1. The second-order valence-electron chi connectivity index (χ2n) is 4.75. The lowest BCUT2D eigenvalue weighted by molar-refractivity contribution is -0.159. The van der Waals surface area contributed by atoms with E-state index in [2.05, 4.69) is 4.90 Å². The quantitative estimate of drug-likeness (QED) is 0.708. The Morgan fingerprint density at radius 1 is 1.16 bits per heavy atom. The van der Waals surface area contributed by atoms with Gasteiger partial charge in [0.2, 0.25) is 0 Å². The van der Waals surface area contributed by atoms with E-state index in [1.165, 1.54) is 0 Å². The summed E-state index contributed by atoms with van der Waals surface area (Å²) in [7, 11) is 0. The van der Waals surface area contributed by atoms with Crippen molar-refractivity contribution in [3.63, 3.8) is 0 Å². The van der Waals surface area contributed by atoms with Crippen molar-refractivity contribution in [1.82, 2.24) is 9.80 Å². The van der Waals surface area contributed by atoms with Crippen LogP contribution in [0.1, 0.15) is 6.42 Å². The topological polar surface area (TPSA) is 79.3 Å². The van der Waals surface area contributed by atoms with Crippen LogP contribution in [-0.2, 0) is 19.1 Å². The van der Waals surface area contributed by atoms with E-state index in [9.17, 15) is 9.59 Å². The third-order valence-corrected chi connectivity index (χ3v) is 3.42. The predicted molar refractivity (Wildman–Crippen MR) is 65.8 cm³/mol. The van der Waals surface area contributed by atoms with Crippen LogP contribution in [0.4, 0.5) is 0 Å². The van der Waals surface area contributed by atoms with Crippen molar-refractivity contribution in [2.75, 3.05) is 52.5 Å². The molecule has 108 valence electrons. The van der Waals surface area contributed by atoms with Gasteiger partial charge in [0.1, 0.15) is 0 Å². The summed E-state index contributed by atoms with van der Waals surface area (Å²) in [5.74, 6) is -0.802. The van der Waals surface area contributed by atoms with Crippen LogP contribution in [0.2, 0.25) is 0 Å². The lowest BCUT2D eigenvalue weighted by Gasteiger charge is -2.36. The molecular weight excluding hydrogens is 252 g/mol. The highest BCUT2D eigenvalue weighted by Crippen LogP contribution is 2.09. The van der Waals surface area contributed by atoms with E-state index >= 15 is 0 Å². The molecule has 0 aromatic carbocycles. The Morgan fingerprint density at radius 2 is 1.89 bits per heavy atom. The molecule has 2 fully saturated rings. The van der Waals surface area contributed by atoms with Gasteiger partial charge in [0.25, 0.3) is 5.91 Å². The maximum Gasteiger partial charge on any atom is 0.304 e. The number of nitrogens with zero attached hydrogens (tertiary/aromatic N) is 2. The molecule has 19 heavy (non-hydrogen) atoms. The average Bonchev–Trinajstić information content (AvgIpc) is 2.46. The fraction of sp³-hybridized carbons (Fsp3) is 0.833. The van der Waals surface area contributed by atoms with Gasteiger partial charge in [0.05, 0.1) is 26.2 Å². The fourth-order valence-electron chi connectivity index (χ4n) is 2.28. The van der Waals surface area contributed by atoms with E-state index in [1.807, 2.05) is 0 Å². The van der Waals surface area contributed by atoms with Crippen molar-refractivity contribution < 1.29 is 24.2 Å². The van der Waals surface area contributed by atoms with Gasteiger partial charge in [-0.1, -0.05) is 0 Å². The smallest absolute Gasteiger partial charge is 0.304 e. The van der Waals surface area contributed by atoms with E-state index in [0.717, 1.165) is 0 Å². The van der Waals surface area contributed by atoms with E-state index in [0.29, 0.717) is 52.5 Å². The number of aliphatic carboxylic acids is 1. The van der Waals surface area contributed by atoms with Crippen LogP contribution in [-0.4, -0.2) is 85.4 Å². The number of ether oxygens (including phenoxy) is 2. The Labute approximate surface area is 112 Å². The summed E-state index contributed by atoms with van der Waals surface area (Å²) in [6.45, 7) is 4.57. The molecule has 7 nitrogen and oxygen atoms in total. The molecule has 2 saturated heterocycles. The minimum atomic E-state index is -0.786. The molecule has 1 unspecified atom stereocenters. The Hall–Kier alpha value is -1.18. The number of carboxylic acid groups (broad SMARTS) is 1. The van der Waals surface area contributed by atoms with Gasteiger partial charge in [-0.05, 0) is 0 Å². The van der Waals surface area contributed by atoms with Crippen LogP contribution >= 0.6 is 0 Å². The molecule has 0 aromatic heterocycles. The molecule has 1 atom stereocenters. The van der Waals surface area contributed by atoms with Crippen LogP contribution in [0.15, 0.2) is 0 Å². The molecule has 1 N–H and O–H groups in total. The standard InChI is InChI=1S/C12H20N2O5/c15-11(16)1-2-13-3-5-14(6-4-13)12(17)10-9-18-7-8-19-10/h10H,1-9H2,(H,15,16). The van der Waals surface area contributed by atoms with Gasteiger partial charge in [-0.3, -0.25) is 14.5 Å². The molecule has 2 aliphatic rings. The average molecular weight is 272 g/mol. The van der Waals surface area contributed by atoms with E-state index in [4.69, 9.17) is 14.6 Å². The van der Waals surface area contributed by atoms with Crippen LogP contribution in [0.25, 0.3) is 0 Å². The molecule has 7 heteroatoms.